The highest BCUT2D eigenvalue weighted by atomic mass is 79.9. The second-order valence-electron chi connectivity index (χ2n) is 2.23. The monoisotopic (exact) mass is 212 g/mol. The summed E-state index contributed by atoms with van der Waals surface area (Å²) in [5.41, 5.74) is 1.67. The molecule has 2 heterocycles. The van der Waals surface area contributed by atoms with E-state index in [4.69, 9.17) is 5.11 Å². The fourth-order valence-corrected chi connectivity index (χ4v) is 1.39. The number of H-pyrrole nitrogens is 1. The molecule has 4 heteroatoms. The number of nitrogens with zero attached hydrogens (tertiary/aromatic N) is 1. The van der Waals surface area contributed by atoms with Crippen LogP contribution in [-0.2, 0) is 0 Å². The predicted molar refractivity (Wildman–Crippen MR) is 45.5 cm³/mol. The fourth-order valence-electron chi connectivity index (χ4n) is 0.964. The van der Waals surface area contributed by atoms with Crippen LogP contribution in [0, 0.1) is 0 Å². The Labute approximate surface area is 71.2 Å². The molecule has 0 aliphatic heterocycles. The summed E-state index contributed by atoms with van der Waals surface area (Å²) in [5, 5.41) is 9.04. The van der Waals surface area contributed by atoms with Crippen molar-refractivity contribution in [3.63, 3.8) is 0 Å². The van der Waals surface area contributed by atoms with Gasteiger partial charge in [0.05, 0.1) is 16.2 Å². The van der Waals surface area contributed by atoms with Crippen LogP contribution in [-0.4, -0.2) is 15.1 Å². The number of hydrogen-bond donors (Lipinski definition) is 2. The highest BCUT2D eigenvalue weighted by molar-refractivity contribution is 9.10. The molecule has 2 aromatic rings. The van der Waals surface area contributed by atoms with Crippen molar-refractivity contribution in [3.8, 4) is 5.75 Å². The van der Waals surface area contributed by atoms with Gasteiger partial charge in [-0.3, -0.25) is 0 Å². The number of aromatic nitrogens is 2. The number of halogens is 1. The first-order chi connectivity index (χ1) is 5.27. The van der Waals surface area contributed by atoms with Gasteiger partial charge in [-0.25, -0.2) is 4.98 Å². The summed E-state index contributed by atoms with van der Waals surface area (Å²) in [7, 11) is 0. The molecule has 3 nitrogen and oxygen atoms in total. The van der Waals surface area contributed by atoms with Crippen molar-refractivity contribution in [1.82, 2.24) is 9.97 Å². The van der Waals surface area contributed by atoms with Crippen LogP contribution in [0.2, 0.25) is 0 Å². The van der Waals surface area contributed by atoms with E-state index in [0.29, 0.717) is 0 Å². The molecular formula is C7H5BrN2O. The molecule has 0 saturated carbocycles. The molecular weight excluding hydrogens is 208 g/mol. The molecule has 0 saturated heterocycles. The van der Waals surface area contributed by atoms with Crippen LogP contribution in [0.25, 0.3) is 11.0 Å². The number of pyridine rings is 1. The summed E-state index contributed by atoms with van der Waals surface area (Å²) in [6.45, 7) is 0. The van der Waals surface area contributed by atoms with Crippen LogP contribution in [0.4, 0.5) is 0 Å². The van der Waals surface area contributed by atoms with E-state index in [1.165, 1.54) is 6.20 Å². The lowest BCUT2D eigenvalue weighted by Gasteiger charge is -1.90. The van der Waals surface area contributed by atoms with Crippen molar-refractivity contribution in [2.75, 3.05) is 0 Å². The summed E-state index contributed by atoms with van der Waals surface area (Å²) >= 11 is 3.32. The zero-order valence-corrected chi connectivity index (χ0v) is 7.09. The van der Waals surface area contributed by atoms with E-state index in [1.54, 1.807) is 12.3 Å². The van der Waals surface area contributed by atoms with Crippen LogP contribution >= 0.6 is 15.9 Å². The van der Waals surface area contributed by atoms with E-state index in [2.05, 4.69) is 25.9 Å². The number of nitrogens with one attached hydrogen (secondary N) is 1. The average Bonchev–Trinajstić information content (AvgIpc) is 2.32. The molecule has 0 amide bonds. The molecule has 0 aliphatic carbocycles. The first-order valence-corrected chi connectivity index (χ1v) is 3.88. The Morgan fingerprint density at radius 3 is 3.18 bits per heavy atom. The van der Waals surface area contributed by atoms with Crippen LogP contribution in [0.3, 0.4) is 0 Å². The van der Waals surface area contributed by atoms with E-state index >= 15 is 0 Å². The summed E-state index contributed by atoms with van der Waals surface area (Å²) in [6.07, 6.45) is 3.21. The third-order valence-corrected chi connectivity index (χ3v) is 2.06. The van der Waals surface area contributed by atoms with Crippen molar-refractivity contribution in [2.45, 2.75) is 0 Å². The minimum Gasteiger partial charge on any atom is -0.506 e. The maximum atomic E-state index is 9.04. The molecule has 0 aromatic carbocycles. The van der Waals surface area contributed by atoms with Crippen LogP contribution in [0.15, 0.2) is 22.9 Å². The van der Waals surface area contributed by atoms with Crippen molar-refractivity contribution in [1.29, 1.82) is 0 Å². The molecule has 56 valence electrons. The van der Waals surface area contributed by atoms with Crippen molar-refractivity contribution in [2.24, 2.45) is 0 Å². The SMILES string of the molecule is Oc1cnc2c(Br)c[nH]c2c1. The second kappa shape index (κ2) is 2.23. The van der Waals surface area contributed by atoms with E-state index < -0.39 is 0 Å². The standard InChI is InChI=1S/C7H5BrN2O/c8-5-3-9-6-1-4(11)2-10-7(5)6/h1-3,9,11H. The van der Waals surface area contributed by atoms with Gasteiger partial charge >= 0.3 is 0 Å². The minimum atomic E-state index is 0.173. The Kier molecular flexibility index (Phi) is 1.35. The summed E-state index contributed by atoms with van der Waals surface area (Å²) in [6, 6.07) is 1.63. The van der Waals surface area contributed by atoms with Crippen LogP contribution in [0.5, 0.6) is 5.75 Å². The number of aromatic amines is 1. The third-order valence-electron chi connectivity index (χ3n) is 1.45. The highest BCUT2D eigenvalue weighted by Crippen LogP contribution is 2.23. The lowest BCUT2D eigenvalue weighted by atomic mass is 10.4. The summed E-state index contributed by atoms with van der Waals surface area (Å²) in [4.78, 5) is 6.97. The van der Waals surface area contributed by atoms with E-state index in [1.807, 2.05) is 0 Å². The van der Waals surface area contributed by atoms with Gasteiger partial charge in [0.15, 0.2) is 0 Å². The van der Waals surface area contributed by atoms with E-state index in [0.717, 1.165) is 15.5 Å². The van der Waals surface area contributed by atoms with Gasteiger partial charge in [-0.2, -0.15) is 0 Å². The van der Waals surface area contributed by atoms with Gasteiger partial charge in [-0.15, -0.1) is 0 Å². The predicted octanol–water partition coefficient (Wildman–Crippen LogP) is 2.03. The van der Waals surface area contributed by atoms with E-state index in [-0.39, 0.29) is 5.75 Å². The molecule has 0 radical (unpaired) electrons. The van der Waals surface area contributed by atoms with Gasteiger partial charge in [0.1, 0.15) is 11.3 Å². The van der Waals surface area contributed by atoms with Crippen molar-refractivity contribution >= 4 is 27.0 Å². The van der Waals surface area contributed by atoms with Crippen LogP contribution in [0.1, 0.15) is 0 Å². The van der Waals surface area contributed by atoms with Gasteiger partial charge in [0, 0.05) is 12.3 Å². The van der Waals surface area contributed by atoms with Gasteiger partial charge in [0.2, 0.25) is 0 Å². The molecule has 2 rings (SSSR count). The Bertz CT molecular complexity index is 396. The lowest BCUT2D eigenvalue weighted by molar-refractivity contribution is 0.474. The second-order valence-corrected chi connectivity index (χ2v) is 3.08. The number of rotatable bonds is 0. The Hall–Kier alpha value is -1.03. The molecule has 0 bridgehead atoms. The van der Waals surface area contributed by atoms with Gasteiger partial charge in [-0.1, -0.05) is 0 Å². The minimum absolute atomic E-state index is 0.173. The Balaban J connectivity index is 2.86. The quantitative estimate of drug-likeness (QED) is 0.703. The molecule has 2 N–H and O–H groups in total. The Morgan fingerprint density at radius 1 is 1.55 bits per heavy atom. The zero-order valence-electron chi connectivity index (χ0n) is 5.50. The lowest BCUT2D eigenvalue weighted by Crippen LogP contribution is -1.73. The largest absolute Gasteiger partial charge is 0.506 e. The molecule has 0 fully saturated rings. The summed E-state index contributed by atoms with van der Waals surface area (Å²) in [5.74, 6) is 0.173. The van der Waals surface area contributed by atoms with Gasteiger partial charge in [-0.05, 0) is 15.9 Å². The molecule has 11 heavy (non-hydrogen) atoms. The number of aromatic hydroxyl groups is 1. The molecule has 0 atom stereocenters. The smallest absolute Gasteiger partial charge is 0.135 e. The van der Waals surface area contributed by atoms with E-state index in [9.17, 15) is 0 Å². The highest BCUT2D eigenvalue weighted by Gasteiger charge is 2.01. The zero-order chi connectivity index (χ0) is 7.84. The number of hydrogen-bond acceptors (Lipinski definition) is 2. The summed E-state index contributed by atoms with van der Waals surface area (Å²) < 4.78 is 0.910. The Morgan fingerprint density at radius 2 is 2.36 bits per heavy atom. The molecule has 2 aromatic heterocycles. The fraction of sp³-hybridized carbons (Fsp3) is 0. The van der Waals surface area contributed by atoms with Crippen molar-refractivity contribution in [3.05, 3.63) is 22.9 Å². The average molecular weight is 213 g/mol. The maximum Gasteiger partial charge on any atom is 0.135 e. The van der Waals surface area contributed by atoms with Crippen molar-refractivity contribution < 1.29 is 5.11 Å². The maximum absolute atomic E-state index is 9.04. The van der Waals surface area contributed by atoms with Gasteiger partial charge < -0.3 is 10.1 Å². The third kappa shape index (κ3) is 0.991. The first kappa shape index (κ1) is 6.67. The van der Waals surface area contributed by atoms with Crippen LogP contribution < -0.4 is 0 Å². The topological polar surface area (TPSA) is 48.9 Å². The molecule has 0 spiro atoms. The normalized spacial score (nSPS) is 10.6. The molecule has 0 unspecified atom stereocenters. The first-order valence-electron chi connectivity index (χ1n) is 3.09. The van der Waals surface area contributed by atoms with Gasteiger partial charge in [0.25, 0.3) is 0 Å². The number of fused-ring (bicyclic) bond motifs is 1. The molecule has 0 aliphatic rings.